The second-order valence-electron chi connectivity index (χ2n) is 4.28. The molecule has 2 atom stereocenters. The highest BCUT2D eigenvalue weighted by molar-refractivity contribution is 5.92. The topological polar surface area (TPSA) is 29.1 Å². The van der Waals surface area contributed by atoms with Crippen molar-refractivity contribution in [1.82, 2.24) is 0 Å². The summed E-state index contributed by atoms with van der Waals surface area (Å²) in [5.41, 5.74) is 1.88. The first kappa shape index (κ1) is 12.5. The molecule has 0 aromatic heterocycles. The molecule has 0 unspecified atom stereocenters. The van der Waals surface area contributed by atoms with Crippen molar-refractivity contribution in [2.24, 2.45) is 11.8 Å². The second-order valence-corrected chi connectivity index (χ2v) is 4.28. The van der Waals surface area contributed by atoms with Crippen molar-refractivity contribution >= 4 is 11.6 Å². The van der Waals surface area contributed by atoms with E-state index in [1.807, 2.05) is 51.1 Å². The number of para-hydroxylation sites is 1. The van der Waals surface area contributed by atoms with Gasteiger partial charge in [0.25, 0.3) is 0 Å². The fraction of sp³-hybridized carbons (Fsp3) is 0.357. The van der Waals surface area contributed by atoms with E-state index in [1.165, 1.54) is 0 Å². The average molecular weight is 217 g/mol. The predicted molar refractivity (Wildman–Crippen MR) is 68.2 cm³/mol. The molecule has 0 spiro atoms. The third-order valence-corrected chi connectivity index (χ3v) is 2.98. The van der Waals surface area contributed by atoms with Gasteiger partial charge < -0.3 is 5.32 Å². The largest absolute Gasteiger partial charge is 0.326 e. The van der Waals surface area contributed by atoms with Crippen LogP contribution in [-0.2, 0) is 4.79 Å². The number of nitrogens with one attached hydrogen (secondary N) is 1. The van der Waals surface area contributed by atoms with Gasteiger partial charge in [-0.1, -0.05) is 44.2 Å². The van der Waals surface area contributed by atoms with Crippen LogP contribution in [0.25, 0.3) is 0 Å². The summed E-state index contributed by atoms with van der Waals surface area (Å²) in [6.45, 7) is 9.79. The van der Waals surface area contributed by atoms with Gasteiger partial charge in [0.1, 0.15) is 0 Å². The molecule has 1 N–H and O–H groups in total. The lowest BCUT2D eigenvalue weighted by atomic mass is 9.89. The molecule has 0 aliphatic carbocycles. The van der Waals surface area contributed by atoms with Crippen LogP contribution in [0, 0.1) is 11.8 Å². The van der Waals surface area contributed by atoms with Crippen LogP contribution in [0.5, 0.6) is 0 Å². The molecule has 0 saturated heterocycles. The molecule has 0 heterocycles. The summed E-state index contributed by atoms with van der Waals surface area (Å²) in [7, 11) is 0. The minimum Gasteiger partial charge on any atom is -0.326 e. The van der Waals surface area contributed by atoms with Crippen molar-refractivity contribution in [3.8, 4) is 0 Å². The smallest absolute Gasteiger partial charge is 0.227 e. The lowest BCUT2D eigenvalue weighted by Crippen LogP contribution is -2.26. The number of benzene rings is 1. The molecule has 2 heteroatoms. The van der Waals surface area contributed by atoms with Crippen LogP contribution in [-0.4, -0.2) is 5.91 Å². The van der Waals surface area contributed by atoms with Gasteiger partial charge in [-0.2, -0.15) is 0 Å². The Morgan fingerprint density at radius 3 is 2.25 bits per heavy atom. The Morgan fingerprint density at radius 2 is 1.75 bits per heavy atom. The van der Waals surface area contributed by atoms with Crippen molar-refractivity contribution in [2.45, 2.75) is 20.8 Å². The van der Waals surface area contributed by atoms with Crippen LogP contribution < -0.4 is 5.32 Å². The number of amides is 1. The lowest BCUT2D eigenvalue weighted by molar-refractivity contribution is -0.120. The van der Waals surface area contributed by atoms with Gasteiger partial charge in [-0.05, 0) is 25.0 Å². The maximum Gasteiger partial charge on any atom is 0.227 e. The van der Waals surface area contributed by atoms with Crippen LogP contribution in [0.2, 0.25) is 0 Å². The summed E-state index contributed by atoms with van der Waals surface area (Å²) < 4.78 is 0. The third kappa shape index (κ3) is 3.23. The first-order chi connectivity index (χ1) is 7.52. The van der Waals surface area contributed by atoms with Gasteiger partial charge in [0.05, 0.1) is 0 Å². The highest BCUT2D eigenvalue weighted by Crippen LogP contribution is 2.20. The van der Waals surface area contributed by atoms with E-state index in [-0.39, 0.29) is 17.7 Å². The minimum absolute atomic E-state index is 0.0432. The Hall–Kier alpha value is -1.57. The molecule has 0 radical (unpaired) electrons. The number of carbonyl (C=O) groups is 1. The second kappa shape index (κ2) is 5.50. The zero-order chi connectivity index (χ0) is 12.1. The van der Waals surface area contributed by atoms with Crippen molar-refractivity contribution in [3.05, 3.63) is 42.5 Å². The Bertz CT molecular complexity index is 370. The van der Waals surface area contributed by atoms with E-state index in [1.54, 1.807) is 0 Å². The van der Waals surface area contributed by atoms with Gasteiger partial charge in [0.2, 0.25) is 5.91 Å². The first-order valence-corrected chi connectivity index (χ1v) is 5.53. The zero-order valence-electron chi connectivity index (χ0n) is 10.2. The molecule has 1 aromatic rings. The molecule has 0 aliphatic heterocycles. The summed E-state index contributed by atoms with van der Waals surface area (Å²) in [6, 6.07) is 9.51. The maximum atomic E-state index is 11.9. The molecule has 16 heavy (non-hydrogen) atoms. The molecular weight excluding hydrogens is 198 g/mol. The van der Waals surface area contributed by atoms with E-state index in [0.717, 1.165) is 11.3 Å². The standard InChI is InChI=1S/C14H19NO/c1-10(2)11(3)12(4)14(16)15-13-8-6-5-7-9-13/h5-9,11-12H,1H2,2-4H3,(H,15,16)/t11-,12+/m1/s1. The fourth-order valence-electron chi connectivity index (χ4n) is 1.43. The number of rotatable bonds is 4. The van der Waals surface area contributed by atoms with Gasteiger partial charge >= 0.3 is 0 Å². The number of hydrogen-bond donors (Lipinski definition) is 1. The van der Waals surface area contributed by atoms with Crippen molar-refractivity contribution in [3.63, 3.8) is 0 Å². The summed E-state index contributed by atoms with van der Waals surface area (Å²) in [6.07, 6.45) is 0. The van der Waals surface area contributed by atoms with Crippen molar-refractivity contribution in [2.75, 3.05) is 5.32 Å². The summed E-state index contributed by atoms with van der Waals surface area (Å²) in [5, 5.41) is 2.90. The molecule has 0 bridgehead atoms. The van der Waals surface area contributed by atoms with Gasteiger partial charge in [-0.25, -0.2) is 0 Å². The van der Waals surface area contributed by atoms with Gasteiger partial charge in [0.15, 0.2) is 0 Å². The number of allylic oxidation sites excluding steroid dienone is 1. The number of carbonyl (C=O) groups excluding carboxylic acids is 1. The van der Waals surface area contributed by atoms with Gasteiger partial charge in [-0.15, -0.1) is 0 Å². The summed E-state index contributed by atoms with van der Waals surface area (Å²) in [5.74, 6) is 0.183. The van der Waals surface area contributed by atoms with E-state index in [0.29, 0.717) is 0 Å². The SMILES string of the molecule is C=C(C)[C@@H](C)[C@H](C)C(=O)Nc1ccccc1. The van der Waals surface area contributed by atoms with Gasteiger partial charge in [0, 0.05) is 11.6 Å². The van der Waals surface area contributed by atoms with Crippen LogP contribution >= 0.6 is 0 Å². The molecule has 86 valence electrons. The molecule has 1 amide bonds. The molecule has 0 aliphatic rings. The molecule has 0 fully saturated rings. The fourth-order valence-corrected chi connectivity index (χ4v) is 1.43. The number of hydrogen-bond acceptors (Lipinski definition) is 1. The Labute approximate surface area is 97.4 Å². The Morgan fingerprint density at radius 1 is 1.19 bits per heavy atom. The summed E-state index contributed by atoms with van der Waals surface area (Å²) >= 11 is 0. The minimum atomic E-state index is -0.0577. The molecule has 2 nitrogen and oxygen atoms in total. The highest BCUT2D eigenvalue weighted by atomic mass is 16.1. The Kier molecular flexibility index (Phi) is 4.29. The molecule has 1 aromatic carbocycles. The Balaban J connectivity index is 2.63. The molecule has 0 saturated carbocycles. The molecular formula is C14H19NO. The van der Waals surface area contributed by atoms with Crippen LogP contribution in [0.4, 0.5) is 5.69 Å². The lowest BCUT2D eigenvalue weighted by Gasteiger charge is -2.19. The van der Waals surface area contributed by atoms with Crippen LogP contribution in [0.3, 0.4) is 0 Å². The van der Waals surface area contributed by atoms with Crippen LogP contribution in [0.1, 0.15) is 20.8 Å². The van der Waals surface area contributed by atoms with Crippen LogP contribution in [0.15, 0.2) is 42.5 Å². The van der Waals surface area contributed by atoms with E-state index >= 15 is 0 Å². The van der Waals surface area contributed by atoms with Crippen molar-refractivity contribution in [1.29, 1.82) is 0 Å². The van der Waals surface area contributed by atoms with E-state index < -0.39 is 0 Å². The summed E-state index contributed by atoms with van der Waals surface area (Å²) in [4.78, 5) is 11.9. The van der Waals surface area contributed by atoms with E-state index in [2.05, 4.69) is 11.9 Å². The quantitative estimate of drug-likeness (QED) is 0.769. The number of anilines is 1. The highest BCUT2D eigenvalue weighted by Gasteiger charge is 2.20. The monoisotopic (exact) mass is 217 g/mol. The first-order valence-electron chi connectivity index (χ1n) is 5.53. The third-order valence-electron chi connectivity index (χ3n) is 2.98. The van der Waals surface area contributed by atoms with E-state index in [4.69, 9.17) is 0 Å². The average Bonchev–Trinajstić information content (AvgIpc) is 2.28. The van der Waals surface area contributed by atoms with E-state index in [9.17, 15) is 4.79 Å². The normalized spacial score (nSPS) is 13.9. The molecule has 1 rings (SSSR count). The zero-order valence-corrected chi connectivity index (χ0v) is 10.2. The maximum absolute atomic E-state index is 11.9. The predicted octanol–water partition coefficient (Wildman–Crippen LogP) is 3.47. The van der Waals surface area contributed by atoms with Crippen molar-refractivity contribution < 1.29 is 4.79 Å². The van der Waals surface area contributed by atoms with Gasteiger partial charge in [-0.3, -0.25) is 4.79 Å².